The molecule has 4 nitrogen and oxygen atoms in total. The van der Waals surface area contributed by atoms with E-state index in [4.69, 9.17) is 4.74 Å². The first-order valence-corrected chi connectivity index (χ1v) is 8.36. The molecule has 0 saturated carbocycles. The van der Waals surface area contributed by atoms with Gasteiger partial charge >= 0.3 is 0 Å². The molecule has 0 N–H and O–H groups in total. The molecule has 2 heterocycles. The number of aryl methyl sites for hydroxylation is 1. The SMILES string of the molecule is Cc1cccnc1C(CCCC(=O)N1CCOCC1)C(C)C. The maximum atomic E-state index is 12.2. The molecule has 0 aliphatic carbocycles. The van der Waals surface area contributed by atoms with Crippen LogP contribution < -0.4 is 0 Å². The molecular formula is C18H28N2O2. The first-order valence-electron chi connectivity index (χ1n) is 8.36. The lowest BCUT2D eigenvalue weighted by Gasteiger charge is -2.27. The Morgan fingerprint density at radius 3 is 2.73 bits per heavy atom. The monoisotopic (exact) mass is 304 g/mol. The molecule has 1 aromatic rings. The average Bonchev–Trinajstić information content (AvgIpc) is 2.53. The zero-order valence-corrected chi connectivity index (χ0v) is 14.0. The van der Waals surface area contributed by atoms with Crippen LogP contribution in [0, 0.1) is 12.8 Å². The number of pyridine rings is 1. The fraction of sp³-hybridized carbons (Fsp3) is 0.667. The van der Waals surface area contributed by atoms with Crippen molar-refractivity contribution in [1.82, 2.24) is 9.88 Å². The number of nitrogens with zero attached hydrogens (tertiary/aromatic N) is 2. The number of carbonyl (C=O) groups is 1. The molecule has 1 atom stereocenters. The minimum absolute atomic E-state index is 0.267. The fourth-order valence-corrected chi connectivity index (χ4v) is 3.12. The maximum absolute atomic E-state index is 12.2. The molecular weight excluding hydrogens is 276 g/mol. The Hall–Kier alpha value is -1.42. The number of hydrogen-bond donors (Lipinski definition) is 0. The third-order valence-electron chi connectivity index (χ3n) is 4.48. The van der Waals surface area contributed by atoms with Gasteiger partial charge in [-0.3, -0.25) is 9.78 Å². The average molecular weight is 304 g/mol. The van der Waals surface area contributed by atoms with Gasteiger partial charge in [0.05, 0.1) is 13.2 Å². The number of amides is 1. The zero-order valence-electron chi connectivity index (χ0n) is 14.0. The standard InChI is InChI=1S/C18H28N2O2/c1-14(2)16(18-15(3)6-5-9-19-18)7-4-8-17(21)20-10-12-22-13-11-20/h5-6,9,14,16H,4,7-8,10-13H2,1-3H3. The number of aromatic nitrogens is 1. The van der Waals surface area contributed by atoms with Crippen molar-refractivity contribution in [3.8, 4) is 0 Å². The minimum Gasteiger partial charge on any atom is -0.378 e. The van der Waals surface area contributed by atoms with Crippen molar-refractivity contribution in [2.45, 2.75) is 46.0 Å². The van der Waals surface area contributed by atoms with Crippen LogP contribution in [-0.4, -0.2) is 42.1 Å². The van der Waals surface area contributed by atoms with E-state index in [9.17, 15) is 4.79 Å². The first-order chi connectivity index (χ1) is 10.6. The number of hydrogen-bond acceptors (Lipinski definition) is 3. The van der Waals surface area contributed by atoms with Crippen LogP contribution in [0.15, 0.2) is 18.3 Å². The van der Waals surface area contributed by atoms with E-state index in [1.807, 2.05) is 17.2 Å². The highest BCUT2D eigenvalue weighted by molar-refractivity contribution is 5.76. The number of morpholine rings is 1. The summed E-state index contributed by atoms with van der Waals surface area (Å²) in [7, 11) is 0. The summed E-state index contributed by atoms with van der Waals surface area (Å²) in [6.07, 6.45) is 4.45. The van der Waals surface area contributed by atoms with Crippen molar-refractivity contribution in [1.29, 1.82) is 0 Å². The fourth-order valence-electron chi connectivity index (χ4n) is 3.12. The molecule has 0 spiro atoms. The number of carbonyl (C=O) groups excluding carboxylic acids is 1. The Morgan fingerprint density at radius 2 is 2.09 bits per heavy atom. The first kappa shape index (κ1) is 16.9. The van der Waals surface area contributed by atoms with Crippen molar-refractivity contribution >= 4 is 5.91 Å². The van der Waals surface area contributed by atoms with Gasteiger partial charge in [-0.2, -0.15) is 0 Å². The number of ether oxygens (including phenoxy) is 1. The summed E-state index contributed by atoms with van der Waals surface area (Å²) in [6.45, 7) is 9.43. The molecule has 1 aliphatic rings. The highest BCUT2D eigenvalue weighted by Gasteiger charge is 2.21. The second-order valence-electron chi connectivity index (χ2n) is 6.44. The Labute approximate surface area is 133 Å². The van der Waals surface area contributed by atoms with E-state index in [0.717, 1.165) is 25.9 Å². The largest absolute Gasteiger partial charge is 0.378 e. The molecule has 2 rings (SSSR count). The van der Waals surface area contributed by atoms with Crippen molar-refractivity contribution in [3.05, 3.63) is 29.6 Å². The second-order valence-corrected chi connectivity index (χ2v) is 6.44. The molecule has 122 valence electrons. The molecule has 1 aromatic heterocycles. The molecule has 0 aromatic carbocycles. The third kappa shape index (κ3) is 4.54. The molecule has 1 unspecified atom stereocenters. The van der Waals surface area contributed by atoms with E-state index < -0.39 is 0 Å². The minimum atomic E-state index is 0.267. The van der Waals surface area contributed by atoms with Crippen LogP contribution in [0.4, 0.5) is 0 Å². The van der Waals surface area contributed by atoms with Gasteiger partial charge in [-0.1, -0.05) is 19.9 Å². The van der Waals surface area contributed by atoms with Crippen LogP contribution in [-0.2, 0) is 9.53 Å². The van der Waals surface area contributed by atoms with Crippen LogP contribution in [0.1, 0.15) is 50.3 Å². The van der Waals surface area contributed by atoms with E-state index in [2.05, 4.69) is 31.8 Å². The van der Waals surface area contributed by atoms with E-state index in [1.165, 1.54) is 11.3 Å². The Morgan fingerprint density at radius 1 is 1.36 bits per heavy atom. The van der Waals surface area contributed by atoms with E-state index >= 15 is 0 Å². The smallest absolute Gasteiger partial charge is 0.222 e. The highest BCUT2D eigenvalue weighted by Crippen LogP contribution is 2.30. The van der Waals surface area contributed by atoms with Gasteiger partial charge in [0, 0.05) is 37.3 Å². The Balaban J connectivity index is 1.87. The zero-order chi connectivity index (χ0) is 15.9. The summed E-state index contributed by atoms with van der Waals surface area (Å²) in [5, 5.41) is 0. The topological polar surface area (TPSA) is 42.4 Å². The molecule has 1 amide bonds. The Kier molecular flexibility index (Phi) is 6.37. The molecule has 22 heavy (non-hydrogen) atoms. The van der Waals surface area contributed by atoms with Crippen molar-refractivity contribution < 1.29 is 9.53 Å². The summed E-state index contributed by atoms with van der Waals surface area (Å²) >= 11 is 0. The van der Waals surface area contributed by atoms with E-state index in [0.29, 0.717) is 31.5 Å². The Bertz CT molecular complexity index is 482. The lowest BCUT2D eigenvalue weighted by molar-refractivity contribution is -0.135. The van der Waals surface area contributed by atoms with E-state index in [-0.39, 0.29) is 5.91 Å². The van der Waals surface area contributed by atoms with Crippen molar-refractivity contribution in [3.63, 3.8) is 0 Å². The van der Waals surface area contributed by atoms with Gasteiger partial charge < -0.3 is 9.64 Å². The quantitative estimate of drug-likeness (QED) is 0.811. The van der Waals surface area contributed by atoms with Crippen LogP contribution in [0.3, 0.4) is 0 Å². The van der Waals surface area contributed by atoms with Crippen LogP contribution in [0.2, 0.25) is 0 Å². The van der Waals surface area contributed by atoms with Gasteiger partial charge in [0.25, 0.3) is 0 Å². The highest BCUT2D eigenvalue weighted by atomic mass is 16.5. The summed E-state index contributed by atoms with van der Waals surface area (Å²) < 4.78 is 5.29. The predicted octanol–water partition coefficient (Wildman–Crippen LogP) is 3.16. The van der Waals surface area contributed by atoms with E-state index in [1.54, 1.807) is 0 Å². The van der Waals surface area contributed by atoms with Crippen LogP contribution in [0.5, 0.6) is 0 Å². The summed E-state index contributed by atoms with van der Waals surface area (Å²) in [4.78, 5) is 18.7. The normalized spacial score (nSPS) is 16.8. The van der Waals surface area contributed by atoms with Crippen molar-refractivity contribution in [2.75, 3.05) is 26.3 Å². The summed E-state index contributed by atoms with van der Waals surface area (Å²) in [5.41, 5.74) is 2.44. The number of rotatable bonds is 6. The molecule has 1 saturated heterocycles. The predicted molar refractivity (Wildman–Crippen MR) is 87.8 cm³/mol. The molecule has 0 bridgehead atoms. The second kappa shape index (κ2) is 8.28. The van der Waals surface area contributed by atoms with Gasteiger partial charge in [0.1, 0.15) is 0 Å². The summed E-state index contributed by atoms with van der Waals surface area (Å²) in [5.74, 6) is 1.23. The molecule has 1 fully saturated rings. The van der Waals surface area contributed by atoms with Gasteiger partial charge in [-0.15, -0.1) is 0 Å². The van der Waals surface area contributed by atoms with Gasteiger partial charge in [-0.25, -0.2) is 0 Å². The maximum Gasteiger partial charge on any atom is 0.222 e. The molecule has 0 radical (unpaired) electrons. The van der Waals surface area contributed by atoms with Crippen LogP contribution >= 0.6 is 0 Å². The lowest BCUT2D eigenvalue weighted by atomic mass is 9.85. The van der Waals surface area contributed by atoms with Gasteiger partial charge in [0.15, 0.2) is 0 Å². The molecule has 4 heteroatoms. The third-order valence-corrected chi connectivity index (χ3v) is 4.48. The van der Waals surface area contributed by atoms with Gasteiger partial charge in [-0.05, 0) is 37.3 Å². The van der Waals surface area contributed by atoms with Gasteiger partial charge in [0.2, 0.25) is 5.91 Å². The van der Waals surface area contributed by atoms with Crippen LogP contribution in [0.25, 0.3) is 0 Å². The lowest BCUT2D eigenvalue weighted by Crippen LogP contribution is -2.40. The molecule has 1 aliphatic heterocycles. The van der Waals surface area contributed by atoms with Crippen molar-refractivity contribution in [2.24, 2.45) is 5.92 Å². The summed E-state index contributed by atoms with van der Waals surface area (Å²) in [6, 6.07) is 4.11.